The van der Waals surface area contributed by atoms with Gasteiger partial charge in [0.25, 0.3) is 0 Å². The van der Waals surface area contributed by atoms with Crippen LogP contribution < -0.4 is 5.32 Å². The van der Waals surface area contributed by atoms with E-state index in [9.17, 15) is 4.79 Å². The summed E-state index contributed by atoms with van der Waals surface area (Å²) in [5.74, 6) is 0.286. The van der Waals surface area contributed by atoms with Crippen molar-refractivity contribution in [1.82, 2.24) is 15.2 Å². The molecule has 1 spiro atoms. The van der Waals surface area contributed by atoms with Crippen molar-refractivity contribution < 1.29 is 9.53 Å². The lowest BCUT2D eigenvalue weighted by Crippen LogP contribution is -2.46. The molecule has 5 heteroatoms. The van der Waals surface area contributed by atoms with Crippen molar-refractivity contribution in [3.63, 3.8) is 0 Å². The number of amides is 1. The Hall–Kier alpha value is -1.46. The predicted octanol–water partition coefficient (Wildman–Crippen LogP) is 1.56. The summed E-state index contributed by atoms with van der Waals surface area (Å²) in [5.41, 5.74) is 5.24. The summed E-state index contributed by atoms with van der Waals surface area (Å²) >= 11 is 0. The average molecular weight is 315 g/mol. The zero-order chi connectivity index (χ0) is 15.9. The van der Waals surface area contributed by atoms with E-state index in [0.29, 0.717) is 13.0 Å². The number of nitrogens with zero attached hydrogens (tertiary/aromatic N) is 2. The van der Waals surface area contributed by atoms with Gasteiger partial charge in [0.15, 0.2) is 0 Å². The van der Waals surface area contributed by atoms with Crippen LogP contribution in [0.1, 0.15) is 41.6 Å². The number of ether oxygens (including phenoxy) is 1. The highest BCUT2D eigenvalue weighted by atomic mass is 16.5. The van der Waals surface area contributed by atoms with Crippen LogP contribution in [-0.4, -0.2) is 42.1 Å². The third-order valence-corrected chi connectivity index (χ3v) is 5.75. The molecule has 1 N–H and O–H groups in total. The van der Waals surface area contributed by atoms with Gasteiger partial charge in [-0.05, 0) is 49.4 Å². The van der Waals surface area contributed by atoms with Crippen LogP contribution in [0.3, 0.4) is 0 Å². The van der Waals surface area contributed by atoms with Gasteiger partial charge in [-0.2, -0.15) is 0 Å². The highest BCUT2D eigenvalue weighted by molar-refractivity contribution is 5.77. The van der Waals surface area contributed by atoms with E-state index >= 15 is 0 Å². The number of carbonyl (C=O) groups excluding carboxylic acids is 1. The molecular weight excluding hydrogens is 290 g/mol. The predicted molar refractivity (Wildman–Crippen MR) is 86.9 cm³/mol. The van der Waals surface area contributed by atoms with Gasteiger partial charge < -0.3 is 15.0 Å². The number of hydrogen-bond donors (Lipinski definition) is 1. The van der Waals surface area contributed by atoms with Crippen molar-refractivity contribution in [2.45, 2.75) is 45.7 Å². The van der Waals surface area contributed by atoms with Crippen LogP contribution in [0.5, 0.6) is 0 Å². The number of fused-ring (bicyclic) bond motifs is 1. The Labute approximate surface area is 137 Å². The largest absolute Gasteiger partial charge is 0.381 e. The Morgan fingerprint density at radius 3 is 3.13 bits per heavy atom. The van der Waals surface area contributed by atoms with Gasteiger partial charge in [-0.3, -0.25) is 9.78 Å². The number of hydrogen-bond acceptors (Lipinski definition) is 4. The zero-order valence-corrected chi connectivity index (χ0v) is 13.9. The van der Waals surface area contributed by atoms with Gasteiger partial charge >= 0.3 is 0 Å². The molecule has 4 rings (SSSR count). The third-order valence-electron chi connectivity index (χ3n) is 5.75. The van der Waals surface area contributed by atoms with Crippen LogP contribution in [0.2, 0.25) is 0 Å². The minimum Gasteiger partial charge on any atom is -0.381 e. The second kappa shape index (κ2) is 5.87. The lowest BCUT2D eigenvalue weighted by atomic mass is 9.79. The highest BCUT2D eigenvalue weighted by Crippen LogP contribution is 2.39. The first-order valence-corrected chi connectivity index (χ1v) is 8.69. The van der Waals surface area contributed by atoms with Gasteiger partial charge in [-0.15, -0.1) is 0 Å². The molecule has 124 valence electrons. The standard InChI is InChI=1S/C18H25N3O2/c1-13-16(15-3-6-19-8-14(15)9-20-13)10-21-11-18(4-2-17(21)22)5-7-23-12-18/h9,19H,2-8,10-12H2,1H3/t18-/m1/s1. The van der Waals surface area contributed by atoms with Crippen molar-refractivity contribution in [3.05, 3.63) is 28.6 Å². The normalized spacial score (nSPS) is 27.5. The zero-order valence-electron chi connectivity index (χ0n) is 13.9. The SMILES string of the molecule is Cc1ncc2c(c1CN1C[C@]3(CCOC3)CCC1=O)CCNC2. The summed E-state index contributed by atoms with van der Waals surface area (Å²) in [6.07, 6.45) is 5.75. The first-order chi connectivity index (χ1) is 11.2. The van der Waals surface area contributed by atoms with Gasteiger partial charge in [0, 0.05) is 50.0 Å². The summed E-state index contributed by atoms with van der Waals surface area (Å²) < 4.78 is 5.63. The Kier molecular flexibility index (Phi) is 3.85. The fraction of sp³-hybridized carbons (Fsp3) is 0.667. The lowest BCUT2D eigenvalue weighted by molar-refractivity contribution is -0.138. The van der Waals surface area contributed by atoms with Gasteiger partial charge in [0.05, 0.1) is 6.61 Å². The van der Waals surface area contributed by atoms with Crippen LogP contribution in [0, 0.1) is 12.3 Å². The molecule has 1 aromatic rings. The summed E-state index contributed by atoms with van der Waals surface area (Å²) in [6, 6.07) is 0. The molecular formula is C18H25N3O2. The van der Waals surface area contributed by atoms with Crippen molar-refractivity contribution in [2.75, 3.05) is 26.3 Å². The van der Waals surface area contributed by atoms with Crippen molar-refractivity contribution in [3.8, 4) is 0 Å². The van der Waals surface area contributed by atoms with Crippen LogP contribution in [0.25, 0.3) is 0 Å². The number of carbonyl (C=O) groups is 1. The van der Waals surface area contributed by atoms with E-state index in [1.807, 2.05) is 6.20 Å². The minimum atomic E-state index is 0.200. The molecule has 0 aliphatic carbocycles. The molecule has 3 aliphatic rings. The lowest BCUT2D eigenvalue weighted by Gasteiger charge is -2.39. The molecule has 0 radical (unpaired) electrons. The van der Waals surface area contributed by atoms with Crippen LogP contribution in [0.4, 0.5) is 0 Å². The second-order valence-electron chi connectivity index (χ2n) is 7.31. The number of nitrogens with one attached hydrogen (secondary N) is 1. The van der Waals surface area contributed by atoms with Crippen LogP contribution in [0.15, 0.2) is 6.20 Å². The molecule has 3 aliphatic heterocycles. The summed E-state index contributed by atoms with van der Waals surface area (Å²) in [6.45, 7) is 7.17. The fourth-order valence-electron chi connectivity index (χ4n) is 4.26. The third kappa shape index (κ3) is 2.76. The van der Waals surface area contributed by atoms with E-state index in [2.05, 4.69) is 22.1 Å². The second-order valence-corrected chi connectivity index (χ2v) is 7.31. The summed E-state index contributed by atoms with van der Waals surface area (Å²) in [5, 5.41) is 3.40. The van der Waals surface area contributed by atoms with Crippen LogP contribution in [-0.2, 0) is 29.0 Å². The highest BCUT2D eigenvalue weighted by Gasteiger charge is 2.41. The molecule has 0 saturated carbocycles. The molecule has 1 amide bonds. The van der Waals surface area contributed by atoms with Crippen molar-refractivity contribution >= 4 is 5.91 Å². The number of piperidine rings is 1. The average Bonchev–Trinajstić information content (AvgIpc) is 3.02. The molecule has 23 heavy (non-hydrogen) atoms. The smallest absolute Gasteiger partial charge is 0.222 e. The Morgan fingerprint density at radius 2 is 2.30 bits per heavy atom. The van der Waals surface area contributed by atoms with E-state index in [1.54, 1.807) is 0 Å². The minimum absolute atomic E-state index is 0.200. The molecule has 2 saturated heterocycles. The number of pyridine rings is 1. The van der Waals surface area contributed by atoms with Crippen LogP contribution >= 0.6 is 0 Å². The Morgan fingerprint density at radius 1 is 1.39 bits per heavy atom. The number of aromatic nitrogens is 1. The quantitative estimate of drug-likeness (QED) is 0.900. The summed E-state index contributed by atoms with van der Waals surface area (Å²) in [7, 11) is 0. The molecule has 2 fully saturated rings. The maximum atomic E-state index is 12.5. The fourth-order valence-corrected chi connectivity index (χ4v) is 4.26. The van der Waals surface area contributed by atoms with Gasteiger partial charge in [0.1, 0.15) is 0 Å². The van der Waals surface area contributed by atoms with E-state index in [-0.39, 0.29) is 11.3 Å². The topological polar surface area (TPSA) is 54.5 Å². The van der Waals surface area contributed by atoms with E-state index in [1.165, 1.54) is 16.7 Å². The van der Waals surface area contributed by atoms with Crippen molar-refractivity contribution in [1.29, 1.82) is 0 Å². The maximum absolute atomic E-state index is 12.5. The Bertz CT molecular complexity index is 623. The first kappa shape index (κ1) is 15.1. The maximum Gasteiger partial charge on any atom is 0.222 e. The van der Waals surface area contributed by atoms with E-state index in [0.717, 1.165) is 57.8 Å². The monoisotopic (exact) mass is 315 g/mol. The first-order valence-electron chi connectivity index (χ1n) is 8.69. The molecule has 4 heterocycles. The van der Waals surface area contributed by atoms with E-state index in [4.69, 9.17) is 4.74 Å². The molecule has 1 aromatic heterocycles. The van der Waals surface area contributed by atoms with E-state index < -0.39 is 0 Å². The number of rotatable bonds is 2. The molecule has 0 unspecified atom stereocenters. The Balaban J connectivity index is 1.60. The molecule has 5 nitrogen and oxygen atoms in total. The number of likely N-dealkylation sites (tertiary alicyclic amines) is 1. The molecule has 0 bridgehead atoms. The summed E-state index contributed by atoms with van der Waals surface area (Å²) in [4.78, 5) is 19.1. The van der Waals surface area contributed by atoms with Gasteiger partial charge in [-0.1, -0.05) is 0 Å². The van der Waals surface area contributed by atoms with Gasteiger partial charge in [0.2, 0.25) is 5.91 Å². The van der Waals surface area contributed by atoms with Crippen molar-refractivity contribution in [2.24, 2.45) is 5.41 Å². The molecule has 1 atom stereocenters. The van der Waals surface area contributed by atoms with Gasteiger partial charge in [-0.25, -0.2) is 0 Å². The molecule has 0 aromatic carbocycles. The number of aryl methyl sites for hydroxylation is 1.